The Labute approximate surface area is 167 Å². The molecular weight excluding hydrogens is 366 g/mol. The SMILES string of the molecule is N#Cc1ccc2[nH]cc(CS(=O)CCC3CC(c4ccccc4)=CCN3)c2c1. The summed E-state index contributed by atoms with van der Waals surface area (Å²) in [5.41, 5.74) is 5.29. The summed E-state index contributed by atoms with van der Waals surface area (Å²) in [5, 5.41) is 13.6. The van der Waals surface area contributed by atoms with Crippen molar-refractivity contribution >= 4 is 27.3 Å². The number of aromatic nitrogens is 1. The number of aromatic amines is 1. The number of nitrogens with zero attached hydrogens (tertiary/aromatic N) is 1. The van der Waals surface area contributed by atoms with E-state index in [0.717, 1.165) is 35.9 Å². The van der Waals surface area contributed by atoms with Crippen LogP contribution in [0, 0.1) is 11.3 Å². The number of nitriles is 1. The Morgan fingerprint density at radius 3 is 2.86 bits per heavy atom. The normalized spacial score (nSPS) is 17.8. The zero-order valence-corrected chi connectivity index (χ0v) is 16.5. The number of nitrogens with one attached hydrogen (secondary N) is 2. The molecule has 1 aromatic heterocycles. The van der Waals surface area contributed by atoms with Gasteiger partial charge in [-0.05, 0) is 47.7 Å². The van der Waals surface area contributed by atoms with Crippen LogP contribution in [0.2, 0.25) is 0 Å². The Bertz CT molecular complexity index is 1060. The van der Waals surface area contributed by atoms with Gasteiger partial charge in [0.15, 0.2) is 0 Å². The van der Waals surface area contributed by atoms with Gasteiger partial charge in [-0.1, -0.05) is 36.4 Å². The summed E-state index contributed by atoms with van der Waals surface area (Å²) < 4.78 is 12.7. The molecule has 5 heteroatoms. The summed E-state index contributed by atoms with van der Waals surface area (Å²) in [4.78, 5) is 3.21. The Hall–Kier alpha value is -2.68. The van der Waals surface area contributed by atoms with Crippen LogP contribution in [-0.2, 0) is 16.6 Å². The Morgan fingerprint density at radius 1 is 1.18 bits per heavy atom. The lowest BCUT2D eigenvalue weighted by Gasteiger charge is -2.24. The number of hydrogen-bond acceptors (Lipinski definition) is 3. The smallest absolute Gasteiger partial charge is 0.0991 e. The van der Waals surface area contributed by atoms with Gasteiger partial charge in [-0.2, -0.15) is 5.26 Å². The minimum absolute atomic E-state index is 0.359. The van der Waals surface area contributed by atoms with E-state index in [1.165, 1.54) is 11.1 Å². The van der Waals surface area contributed by atoms with E-state index >= 15 is 0 Å². The van der Waals surface area contributed by atoms with Gasteiger partial charge in [0.25, 0.3) is 0 Å². The van der Waals surface area contributed by atoms with Gasteiger partial charge in [0.2, 0.25) is 0 Å². The van der Waals surface area contributed by atoms with Crippen LogP contribution in [0.4, 0.5) is 0 Å². The van der Waals surface area contributed by atoms with Crippen molar-refractivity contribution in [3.05, 3.63) is 77.5 Å². The van der Waals surface area contributed by atoms with Gasteiger partial charge in [-0.3, -0.25) is 4.21 Å². The minimum Gasteiger partial charge on any atom is -0.361 e. The summed E-state index contributed by atoms with van der Waals surface area (Å²) >= 11 is 0. The molecule has 2 aromatic carbocycles. The van der Waals surface area contributed by atoms with Gasteiger partial charge in [-0.15, -0.1) is 0 Å². The Kier molecular flexibility index (Phi) is 5.70. The van der Waals surface area contributed by atoms with Gasteiger partial charge in [0, 0.05) is 46.2 Å². The Balaban J connectivity index is 1.35. The lowest BCUT2D eigenvalue weighted by molar-refractivity contribution is 0.522. The third kappa shape index (κ3) is 4.24. The molecule has 3 aromatic rings. The van der Waals surface area contributed by atoms with Crippen molar-refractivity contribution < 1.29 is 4.21 Å². The zero-order valence-electron chi connectivity index (χ0n) is 15.7. The second kappa shape index (κ2) is 8.55. The number of H-pyrrole nitrogens is 1. The fourth-order valence-electron chi connectivity index (χ4n) is 3.75. The van der Waals surface area contributed by atoms with Crippen LogP contribution in [0.5, 0.6) is 0 Å². The molecule has 0 saturated heterocycles. The van der Waals surface area contributed by atoms with Crippen LogP contribution in [0.15, 0.2) is 60.8 Å². The van der Waals surface area contributed by atoms with Gasteiger partial charge in [0.1, 0.15) is 0 Å². The predicted octanol–water partition coefficient (Wildman–Crippen LogP) is 4.12. The van der Waals surface area contributed by atoms with Crippen LogP contribution in [0.3, 0.4) is 0 Å². The standard InChI is InChI=1S/C23H23N3OS/c24-14-17-6-7-23-22(12-17)20(15-26-23)16-28(27)11-9-21-13-19(8-10-25-21)18-4-2-1-3-5-18/h1-8,12,15,21,25-26H,9-11,13,16H2. The van der Waals surface area contributed by atoms with Crippen LogP contribution < -0.4 is 5.32 Å². The number of fused-ring (bicyclic) bond motifs is 1. The van der Waals surface area contributed by atoms with Crippen LogP contribution >= 0.6 is 0 Å². The predicted molar refractivity (Wildman–Crippen MR) is 115 cm³/mol. The molecule has 0 fully saturated rings. The average molecular weight is 390 g/mol. The second-order valence-electron chi connectivity index (χ2n) is 7.17. The van der Waals surface area contributed by atoms with Crippen LogP contribution in [-0.4, -0.2) is 27.5 Å². The molecule has 2 atom stereocenters. The average Bonchev–Trinajstić information content (AvgIpc) is 3.15. The summed E-state index contributed by atoms with van der Waals surface area (Å²) in [5.74, 6) is 1.19. The minimum atomic E-state index is -0.934. The molecule has 0 spiro atoms. The maximum Gasteiger partial charge on any atom is 0.0991 e. The van der Waals surface area contributed by atoms with E-state index in [4.69, 9.17) is 5.26 Å². The molecule has 0 amide bonds. The zero-order chi connectivity index (χ0) is 19.3. The third-order valence-corrected chi connectivity index (χ3v) is 6.60. The first-order valence-corrected chi connectivity index (χ1v) is 11.0. The van der Waals surface area contributed by atoms with E-state index in [1.807, 2.05) is 24.4 Å². The van der Waals surface area contributed by atoms with Gasteiger partial charge >= 0.3 is 0 Å². The quantitative estimate of drug-likeness (QED) is 0.666. The van der Waals surface area contributed by atoms with Crippen molar-refractivity contribution in [2.24, 2.45) is 0 Å². The van der Waals surface area contributed by atoms with E-state index < -0.39 is 10.8 Å². The largest absolute Gasteiger partial charge is 0.361 e. The number of hydrogen-bond donors (Lipinski definition) is 2. The topological polar surface area (TPSA) is 68.7 Å². The summed E-state index contributed by atoms with van der Waals surface area (Å²) in [6.45, 7) is 0.862. The Morgan fingerprint density at radius 2 is 2.04 bits per heavy atom. The molecule has 0 saturated carbocycles. The molecular formula is C23H23N3OS. The maximum atomic E-state index is 12.7. The van der Waals surface area contributed by atoms with Crippen molar-refractivity contribution in [3.8, 4) is 6.07 Å². The molecule has 142 valence electrons. The maximum absolute atomic E-state index is 12.7. The van der Waals surface area contributed by atoms with Gasteiger partial charge < -0.3 is 10.3 Å². The van der Waals surface area contributed by atoms with Crippen molar-refractivity contribution in [3.63, 3.8) is 0 Å². The van der Waals surface area contributed by atoms with Crippen molar-refractivity contribution in [2.45, 2.75) is 24.6 Å². The highest BCUT2D eigenvalue weighted by molar-refractivity contribution is 7.84. The lowest BCUT2D eigenvalue weighted by Crippen LogP contribution is -2.34. The van der Waals surface area contributed by atoms with E-state index in [-0.39, 0.29) is 0 Å². The molecule has 28 heavy (non-hydrogen) atoms. The summed E-state index contributed by atoms with van der Waals surface area (Å²) in [6, 6.07) is 18.6. The summed E-state index contributed by atoms with van der Waals surface area (Å²) in [6.07, 6.45) is 6.03. The van der Waals surface area contributed by atoms with Crippen LogP contribution in [0.1, 0.15) is 29.5 Å². The fraction of sp³-hybridized carbons (Fsp3) is 0.261. The molecule has 4 nitrogen and oxygen atoms in total. The van der Waals surface area contributed by atoms with Crippen molar-refractivity contribution in [1.29, 1.82) is 5.26 Å². The monoisotopic (exact) mass is 389 g/mol. The number of benzene rings is 2. The molecule has 1 aliphatic rings. The third-order valence-electron chi connectivity index (χ3n) is 5.27. The molecule has 2 N–H and O–H groups in total. The molecule has 0 aliphatic carbocycles. The first-order valence-electron chi connectivity index (χ1n) is 9.56. The molecule has 4 rings (SSSR count). The highest BCUT2D eigenvalue weighted by atomic mass is 32.2. The first kappa shape index (κ1) is 18.7. The molecule has 2 unspecified atom stereocenters. The van der Waals surface area contributed by atoms with Crippen molar-refractivity contribution in [1.82, 2.24) is 10.3 Å². The van der Waals surface area contributed by atoms with E-state index in [2.05, 4.69) is 46.7 Å². The molecule has 1 aliphatic heterocycles. The van der Waals surface area contributed by atoms with E-state index in [0.29, 0.717) is 23.1 Å². The molecule has 2 heterocycles. The molecule has 0 bridgehead atoms. The number of rotatable bonds is 6. The van der Waals surface area contributed by atoms with E-state index in [9.17, 15) is 4.21 Å². The lowest BCUT2D eigenvalue weighted by atomic mass is 9.94. The van der Waals surface area contributed by atoms with Gasteiger partial charge in [0.05, 0.1) is 17.4 Å². The highest BCUT2D eigenvalue weighted by Gasteiger charge is 2.17. The van der Waals surface area contributed by atoms with Crippen molar-refractivity contribution in [2.75, 3.05) is 12.3 Å². The van der Waals surface area contributed by atoms with E-state index in [1.54, 1.807) is 6.07 Å². The van der Waals surface area contributed by atoms with Crippen LogP contribution in [0.25, 0.3) is 16.5 Å². The summed E-state index contributed by atoms with van der Waals surface area (Å²) in [7, 11) is -0.934. The fourth-order valence-corrected chi connectivity index (χ4v) is 5.03. The molecule has 0 radical (unpaired) electrons. The second-order valence-corrected chi connectivity index (χ2v) is 8.74. The first-order chi connectivity index (χ1) is 13.7. The van der Waals surface area contributed by atoms with Gasteiger partial charge in [-0.25, -0.2) is 0 Å². The highest BCUT2D eigenvalue weighted by Crippen LogP contribution is 2.24.